The third-order valence-electron chi connectivity index (χ3n) is 3.66. The first-order chi connectivity index (χ1) is 6.57. The van der Waals surface area contributed by atoms with Crippen molar-refractivity contribution in [1.82, 2.24) is 4.90 Å². The number of likely N-dealkylation sites (tertiary alicyclic amines) is 1. The highest BCUT2D eigenvalue weighted by atomic mass is 16.3. The van der Waals surface area contributed by atoms with E-state index in [0.717, 1.165) is 45.2 Å². The molecule has 1 aliphatic carbocycles. The van der Waals surface area contributed by atoms with Crippen LogP contribution in [0.3, 0.4) is 0 Å². The molecule has 0 bridgehead atoms. The fraction of sp³-hybridized carbons (Fsp3) is 1.00. The summed E-state index contributed by atoms with van der Waals surface area (Å²) in [5.41, 5.74) is -0.476. The largest absolute Gasteiger partial charge is 0.393 e. The Kier molecular flexibility index (Phi) is 2.82. The Morgan fingerprint density at radius 1 is 1.21 bits per heavy atom. The van der Waals surface area contributed by atoms with E-state index >= 15 is 0 Å². The van der Waals surface area contributed by atoms with Gasteiger partial charge in [0.15, 0.2) is 0 Å². The first-order valence-electron chi connectivity index (χ1n) is 5.71. The quantitative estimate of drug-likeness (QED) is 0.655. The van der Waals surface area contributed by atoms with Crippen molar-refractivity contribution < 1.29 is 10.2 Å². The second kappa shape index (κ2) is 3.80. The van der Waals surface area contributed by atoms with Crippen molar-refractivity contribution in [2.24, 2.45) is 0 Å². The summed E-state index contributed by atoms with van der Waals surface area (Å²) in [6, 6.07) is 0.604. The van der Waals surface area contributed by atoms with Gasteiger partial charge in [-0.15, -0.1) is 0 Å². The molecular weight excluding hydrogens is 178 g/mol. The smallest absolute Gasteiger partial charge is 0.0758 e. The maximum Gasteiger partial charge on any atom is 0.0758 e. The molecule has 2 aliphatic rings. The van der Waals surface area contributed by atoms with Crippen molar-refractivity contribution in [1.29, 1.82) is 0 Å². The summed E-state index contributed by atoms with van der Waals surface area (Å²) < 4.78 is 0. The van der Waals surface area contributed by atoms with Gasteiger partial charge in [0.2, 0.25) is 0 Å². The SMILES string of the molecule is CC1(O)CCN(C2CCC(O)CC2)C1. The Hall–Kier alpha value is -0.120. The average molecular weight is 199 g/mol. The lowest BCUT2D eigenvalue weighted by Gasteiger charge is -2.33. The van der Waals surface area contributed by atoms with Gasteiger partial charge < -0.3 is 10.2 Å². The number of β-amino-alcohol motifs (C(OH)–C–C–N with tert-alkyl or cyclic N) is 1. The highest BCUT2D eigenvalue weighted by molar-refractivity contribution is 4.91. The third kappa shape index (κ3) is 2.27. The molecule has 2 rings (SSSR count). The Bertz CT molecular complexity index is 197. The highest BCUT2D eigenvalue weighted by Crippen LogP contribution is 2.29. The van der Waals surface area contributed by atoms with Gasteiger partial charge in [-0.05, 0) is 39.0 Å². The fourth-order valence-corrected chi connectivity index (χ4v) is 2.72. The summed E-state index contributed by atoms with van der Waals surface area (Å²) in [5.74, 6) is 0. The normalized spacial score (nSPS) is 45.6. The minimum absolute atomic E-state index is 0.0747. The van der Waals surface area contributed by atoms with Gasteiger partial charge in [0, 0.05) is 19.1 Å². The van der Waals surface area contributed by atoms with Gasteiger partial charge in [0.1, 0.15) is 0 Å². The number of aliphatic hydroxyl groups is 2. The molecule has 1 heterocycles. The molecule has 3 nitrogen and oxygen atoms in total. The van der Waals surface area contributed by atoms with Gasteiger partial charge in [0.05, 0.1) is 11.7 Å². The number of hydrogen-bond acceptors (Lipinski definition) is 3. The van der Waals surface area contributed by atoms with Crippen LogP contribution >= 0.6 is 0 Å². The summed E-state index contributed by atoms with van der Waals surface area (Å²) in [5, 5.41) is 19.3. The van der Waals surface area contributed by atoms with Gasteiger partial charge in [-0.1, -0.05) is 0 Å². The highest BCUT2D eigenvalue weighted by Gasteiger charge is 2.36. The third-order valence-corrected chi connectivity index (χ3v) is 3.66. The van der Waals surface area contributed by atoms with Gasteiger partial charge in [-0.3, -0.25) is 4.90 Å². The van der Waals surface area contributed by atoms with E-state index in [9.17, 15) is 10.2 Å². The fourth-order valence-electron chi connectivity index (χ4n) is 2.72. The average Bonchev–Trinajstić information content (AvgIpc) is 2.47. The Balaban J connectivity index is 1.85. The van der Waals surface area contributed by atoms with Crippen LogP contribution in [-0.2, 0) is 0 Å². The standard InChI is InChI=1S/C11H21NO2/c1-11(14)6-7-12(8-11)9-2-4-10(13)5-3-9/h9-10,13-14H,2-8H2,1H3. The van der Waals surface area contributed by atoms with Gasteiger partial charge in [0.25, 0.3) is 0 Å². The zero-order chi connectivity index (χ0) is 10.2. The van der Waals surface area contributed by atoms with Crippen LogP contribution in [0.1, 0.15) is 39.0 Å². The molecule has 0 aromatic rings. The van der Waals surface area contributed by atoms with E-state index in [2.05, 4.69) is 4.90 Å². The number of aliphatic hydroxyl groups excluding tert-OH is 1. The minimum atomic E-state index is -0.476. The van der Waals surface area contributed by atoms with Crippen LogP contribution in [0.2, 0.25) is 0 Å². The number of nitrogens with zero attached hydrogens (tertiary/aromatic N) is 1. The lowest BCUT2D eigenvalue weighted by molar-refractivity contribution is 0.0457. The Morgan fingerprint density at radius 2 is 1.86 bits per heavy atom. The van der Waals surface area contributed by atoms with Crippen LogP contribution in [0, 0.1) is 0 Å². The van der Waals surface area contributed by atoms with Gasteiger partial charge in [-0.25, -0.2) is 0 Å². The van der Waals surface area contributed by atoms with Gasteiger partial charge in [-0.2, -0.15) is 0 Å². The van der Waals surface area contributed by atoms with E-state index in [1.54, 1.807) is 0 Å². The molecule has 1 unspecified atom stereocenters. The zero-order valence-corrected chi connectivity index (χ0v) is 8.95. The number of hydrogen-bond donors (Lipinski definition) is 2. The predicted octanol–water partition coefficient (Wildman–Crippen LogP) is 0.747. The van der Waals surface area contributed by atoms with Crippen LogP contribution in [0.25, 0.3) is 0 Å². The van der Waals surface area contributed by atoms with Crippen molar-refractivity contribution in [3.8, 4) is 0 Å². The van der Waals surface area contributed by atoms with Crippen LogP contribution in [0.4, 0.5) is 0 Å². The first-order valence-corrected chi connectivity index (χ1v) is 5.71. The Morgan fingerprint density at radius 3 is 2.36 bits per heavy atom. The van der Waals surface area contributed by atoms with E-state index in [1.165, 1.54) is 0 Å². The molecule has 82 valence electrons. The van der Waals surface area contributed by atoms with E-state index in [4.69, 9.17) is 0 Å². The van der Waals surface area contributed by atoms with Crippen molar-refractivity contribution in [3.05, 3.63) is 0 Å². The Labute approximate surface area is 85.7 Å². The summed E-state index contributed by atoms with van der Waals surface area (Å²) in [4.78, 5) is 2.39. The second-order valence-electron chi connectivity index (χ2n) is 5.18. The summed E-state index contributed by atoms with van der Waals surface area (Å²) >= 11 is 0. The second-order valence-corrected chi connectivity index (χ2v) is 5.18. The van der Waals surface area contributed by atoms with Crippen molar-refractivity contribution in [3.63, 3.8) is 0 Å². The molecule has 14 heavy (non-hydrogen) atoms. The first kappa shape index (κ1) is 10.4. The monoisotopic (exact) mass is 199 g/mol. The maximum absolute atomic E-state index is 9.86. The topological polar surface area (TPSA) is 43.7 Å². The van der Waals surface area contributed by atoms with Gasteiger partial charge >= 0.3 is 0 Å². The molecule has 1 saturated carbocycles. The van der Waals surface area contributed by atoms with Crippen molar-refractivity contribution >= 4 is 0 Å². The van der Waals surface area contributed by atoms with E-state index < -0.39 is 5.60 Å². The lowest BCUT2D eigenvalue weighted by atomic mass is 9.92. The molecule has 0 aromatic carbocycles. The predicted molar refractivity (Wildman–Crippen MR) is 55.1 cm³/mol. The molecule has 2 N–H and O–H groups in total. The molecule has 1 atom stereocenters. The molecular formula is C11H21NO2. The van der Waals surface area contributed by atoms with Crippen LogP contribution in [0.15, 0.2) is 0 Å². The molecule has 2 fully saturated rings. The molecule has 0 spiro atoms. The lowest BCUT2D eigenvalue weighted by Crippen LogP contribution is -2.39. The number of rotatable bonds is 1. The van der Waals surface area contributed by atoms with Crippen molar-refractivity contribution in [2.75, 3.05) is 13.1 Å². The molecule has 1 saturated heterocycles. The summed E-state index contributed by atoms with van der Waals surface area (Å²) in [6.45, 7) is 3.76. The van der Waals surface area contributed by atoms with Crippen LogP contribution in [-0.4, -0.2) is 45.9 Å². The molecule has 1 aliphatic heterocycles. The maximum atomic E-state index is 9.86. The molecule has 3 heteroatoms. The minimum Gasteiger partial charge on any atom is -0.393 e. The van der Waals surface area contributed by atoms with Crippen LogP contribution < -0.4 is 0 Å². The van der Waals surface area contributed by atoms with Crippen molar-refractivity contribution in [2.45, 2.75) is 56.8 Å². The molecule has 0 amide bonds. The zero-order valence-electron chi connectivity index (χ0n) is 8.95. The molecule has 0 aromatic heterocycles. The summed E-state index contributed by atoms with van der Waals surface area (Å²) in [6.07, 6.45) is 4.88. The summed E-state index contributed by atoms with van der Waals surface area (Å²) in [7, 11) is 0. The van der Waals surface area contributed by atoms with E-state index in [-0.39, 0.29) is 6.10 Å². The molecule has 0 radical (unpaired) electrons. The van der Waals surface area contributed by atoms with Crippen LogP contribution in [0.5, 0.6) is 0 Å². The van der Waals surface area contributed by atoms with E-state index in [0.29, 0.717) is 6.04 Å². The van der Waals surface area contributed by atoms with E-state index in [1.807, 2.05) is 6.92 Å².